The van der Waals surface area contributed by atoms with Crippen molar-refractivity contribution < 1.29 is 14.6 Å². The van der Waals surface area contributed by atoms with E-state index in [4.69, 9.17) is 9.84 Å². The van der Waals surface area contributed by atoms with E-state index in [9.17, 15) is 4.79 Å². The van der Waals surface area contributed by atoms with E-state index < -0.39 is 5.97 Å². The van der Waals surface area contributed by atoms with E-state index >= 15 is 0 Å². The number of hydrogen-bond donors (Lipinski definition) is 1. The Bertz CT molecular complexity index is 555. The third kappa shape index (κ3) is 4.72. The Morgan fingerprint density at radius 3 is 2.85 bits per heavy atom. The summed E-state index contributed by atoms with van der Waals surface area (Å²) in [6, 6.07) is 13.4. The van der Waals surface area contributed by atoms with Gasteiger partial charge < -0.3 is 9.84 Å². The Hall–Kier alpha value is -2.36. The van der Waals surface area contributed by atoms with E-state index in [0.717, 1.165) is 23.4 Å². The molecule has 104 valence electrons. The van der Waals surface area contributed by atoms with Crippen molar-refractivity contribution in [3.8, 4) is 5.75 Å². The van der Waals surface area contributed by atoms with Gasteiger partial charge in [-0.2, -0.15) is 0 Å². The molecule has 0 aliphatic heterocycles. The van der Waals surface area contributed by atoms with Crippen LogP contribution >= 0.6 is 0 Å². The zero-order chi connectivity index (χ0) is 14.2. The molecule has 0 atom stereocenters. The molecule has 1 heterocycles. The van der Waals surface area contributed by atoms with Crippen molar-refractivity contribution in [3.05, 3.63) is 59.9 Å². The van der Waals surface area contributed by atoms with E-state index in [0.29, 0.717) is 13.0 Å². The highest BCUT2D eigenvalue weighted by Gasteiger charge is 2.01. The van der Waals surface area contributed by atoms with E-state index in [-0.39, 0.29) is 6.42 Å². The van der Waals surface area contributed by atoms with Gasteiger partial charge in [-0.05, 0) is 42.7 Å². The molecule has 0 fully saturated rings. The standard InChI is InChI=1S/C16H17NO3/c18-16(19)9-4-6-13-5-3-8-15(11-13)20-12-14-7-1-2-10-17-14/h1-3,5,7-8,10-11H,4,6,9,12H2,(H,18,19). The first-order valence-electron chi connectivity index (χ1n) is 6.57. The topological polar surface area (TPSA) is 59.4 Å². The van der Waals surface area contributed by atoms with Crippen LogP contribution in [0.2, 0.25) is 0 Å². The van der Waals surface area contributed by atoms with Crippen molar-refractivity contribution in [2.45, 2.75) is 25.9 Å². The van der Waals surface area contributed by atoms with Crippen LogP contribution in [-0.2, 0) is 17.8 Å². The van der Waals surface area contributed by atoms with Crippen LogP contribution in [0.3, 0.4) is 0 Å². The molecule has 0 amide bonds. The van der Waals surface area contributed by atoms with Crippen molar-refractivity contribution in [1.82, 2.24) is 4.98 Å². The second kappa shape index (κ2) is 7.28. The van der Waals surface area contributed by atoms with Gasteiger partial charge in [0.1, 0.15) is 12.4 Å². The molecule has 20 heavy (non-hydrogen) atoms. The zero-order valence-electron chi connectivity index (χ0n) is 11.2. The molecule has 0 aliphatic rings. The van der Waals surface area contributed by atoms with Crippen molar-refractivity contribution in [2.24, 2.45) is 0 Å². The van der Waals surface area contributed by atoms with Crippen molar-refractivity contribution >= 4 is 5.97 Å². The number of hydrogen-bond acceptors (Lipinski definition) is 3. The van der Waals surface area contributed by atoms with Gasteiger partial charge in [-0.15, -0.1) is 0 Å². The first kappa shape index (κ1) is 14.1. The maximum atomic E-state index is 10.5. The van der Waals surface area contributed by atoms with Crippen LogP contribution < -0.4 is 4.74 Å². The molecule has 0 unspecified atom stereocenters. The van der Waals surface area contributed by atoms with Gasteiger partial charge in [0.05, 0.1) is 5.69 Å². The molecule has 0 saturated heterocycles. The lowest BCUT2D eigenvalue weighted by atomic mass is 10.1. The van der Waals surface area contributed by atoms with E-state index in [2.05, 4.69) is 4.98 Å². The summed E-state index contributed by atoms with van der Waals surface area (Å²) in [5.41, 5.74) is 1.97. The molecular formula is C16H17NO3. The number of aryl methyl sites for hydroxylation is 1. The minimum absolute atomic E-state index is 0.193. The third-order valence-corrected chi connectivity index (χ3v) is 2.87. The molecule has 0 spiro atoms. The third-order valence-electron chi connectivity index (χ3n) is 2.87. The average molecular weight is 271 g/mol. The Morgan fingerprint density at radius 2 is 2.10 bits per heavy atom. The van der Waals surface area contributed by atoms with E-state index in [1.54, 1.807) is 6.20 Å². The van der Waals surface area contributed by atoms with Crippen LogP contribution in [0.1, 0.15) is 24.1 Å². The molecule has 0 bridgehead atoms. The summed E-state index contributed by atoms with van der Waals surface area (Å²) >= 11 is 0. The lowest BCUT2D eigenvalue weighted by Gasteiger charge is -2.07. The van der Waals surface area contributed by atoms with Gasteiger partial charge in [0.25, 0.3) is 0 Å². The molecule has 2 rings (SSSR count). The van der Waals surface area contributed by atoms with Gasteiger partial charge in [-0.25, -0.2) is 0 Å². The van der Waals surface area contributed by atoms with Gasteiger partial charge >= 0.3 is 5.97 Å². The Labute approximate surface area is 118 Å². The summed E-state index contributed by atoms with van der Waals surface area (Å²) < 4.78 is 5.68. The second-order valence-electron chi connectivity index (χ2n) is 4.50. The summed E-state index contributed by atoms with van der Waals surface area (Å²) in [4.78, 5) is 14.7. The van der Waals surface area contributed by atoms with E-state index in [1.807, 2.05) is 42.5 Å². The summed E-state index contributed by atoms with van der Waals surface area (Å²) in [5, 5.41) is 8.62. The van der Waals surface area contributed by atoms with Crippen LogP contribution in [0.5, 0.6) is 5.75 Å². The number of benzene rings is 1. The summed E-state index contributed by atoms with van der Waals surface area (Å²) in [5.74, 6) is 0.0241. The number of ether oxygens (including phenoxy) is 1. The zero-order valence-corrected chi connectivity index (χ0v) is 11.2. The van der Waals surface area contributed by atoms with E-state index in [1.165, 1.54) is 0 Å². The molecule has 1 N–H and O–H groups in total. The first-order chi connectivity index (χ1) is 9.74. The molecule has 0 radical (unpaired) electrons. The lowest BCUT2D eigenvalue weighted by molar-refractivity contribution is -0.137. The SMILES string of the molecule is O=C(O)CCCc1cccc(OCc2ccccn2)c1. The quantitative estimate of drug-likeness (QED) is 0.840. The fourth-order valence-corrected chi connectivity index (χ4v) is 1.88. The maximum absolute atomic E-state index is 10.5. The smallest absolute Gasteiger partial charge is 0.303 e. The highest BCUT2D eigenvalue weighted by molar-refractivity contribution is 5.66. The van der Waals surface area contributed by atoms with Crippen LogP contribution in [0.4, 0.5) is 0 Å². The predicted molar refractivity (Wildman–Crippen MR) is 75.6 cm³/mol. The highest BCUT2D eigenvalue weighted by Crippen LogP contribution is 2.16. The predicted octanol–water partition coefficient (Wildman–Crippen LogP) is 3.07. The number of aliphatic carboxylic acids is 1. The number of aromatic nitrogens is 1. The second-order valence-corrected chi connectivity index (χ2v) is 4.50. The maximum Gasteiger partial charge on any atom is 0.303 e. The van der Waals surface area contributed by atoms with Crippen LogP contribution in [-0.4, -0.2) is 16.1 Å². The van der Waals surface area contributed by atoms with Gasteiger partial charge in [0.2, 0.25) is 0 Å². The fourth-order valence-electron chi connectivity index (χ4n) is 1.88. The number of carboxylic acids is 1. The Morgan fingerprint density at radius 1 is 1.20 bits per heavy atom. The minimum atomic E-state index is -0.757. The van der Waals surface area contributed by atoms with Crippen LogP contribution in [0, 0.1) is 0 Å². The molecule has 1 aromatic heterocycles. The number of carboxylic acid groups (broad SMARTS) is 1. The molecule has 1 aromatic carbocycles. The normalized spacial score (nSPS) is 10.2. The largest absolute Gasteiger partial charge is 0.487 e. The molecular weight excluding hydrogens is 254 g/mol. The van der Waals surface area contributed by atoms with Gasteiger partial charge in [-0.3, -0.25) is 9.78 Å². The summed E-state index contributed by atoms with van der Waals surface area (Å²) in [7, 11) is 0. The number of carbonyl (C=O) groups is 1. The average Bonchev–Trinajstić information content (AvgIpc) is 2.46. The number of nitrogens with zero attached hydrogens (tertiary/aromatic N) is 1. The molecule has 4 nitrogen and oxygen atoms in total. The highest BCUT2D eigenvalue weighted by atomic mass is 16.5. The first-order valence-corrected chi connectivity index (χ1v) is 6.57. The van der Waals surface area contributed by atoms with Gasteiger partial charge in [-0.1, -0.05) is 18.2 Å². The number of pyridine rings is 1. The Balaban J connectivity index is 1.87. The summed E-state index contributed by atoms with van der Waals surface area (Å²) in [6.45, 7) is 0.430. The Kier molecular flexibility index (Phi) is 5.12. The molecule has 0 saturated carbocycles. The fraction of sp³-hybridized carbons (Fsp3) is 0.250. The van der Waals surface area contributed by atoms with Crippen LogP contribution in [0.15, 0.2) is 48.7 Å². The molecule has 2 aromatic rings. The van der Waals surface area contributed by atoms with Crippen molar-refractivity contribution in [2.75, 3.05) is 0 Å². The summed E-state index contributed by atoms with van der Waals surface area (Å²) in [6.07, 6.45) is 3.31. The van der Waals surface area contributed by atoms with Crippen molar-refractivity contribution in [3.63, 3.8) is 0 Å². The van der Waals surface area contributed by atoms with Crippen molar-refractivity contribution in [1.29, 1.82) is 0 Å². The van der Waals surface area contributed by atoms with Crippen LogP contribution in [0.25, 0.3) is 0 Å². The minimum Gasteiger partial charge on any atom is -0.487 e. The number of rotatable bonds is 7. The molecule has 0 aliphatic carbocycles. The molecule has 4 heteroatoms. The van der Waals surface area contributed by atoms with Gasteiger partial charge in [0, 0.05) is 12.6 Å². The van der Waals surface area contributed by atoms with Gasteiger partial charge in [0.15, 0.2) is 0 Å². The monoisotopic (exact) mass is 271 g/mol. The lowest BCUT2D eigenvalue weighted by Crippen LogP contribution is -1.99.